The van der Waals surface area contributed by atoms with E-state index in [0.717, 1.165) is 19.4 Å². The van der Waals surface area contributed by atoms with Crippen LogP contribution >= 0.6 is 11.3 Å². The highest BCUT2D eigenvalue weighted by molar-refractivity contribution is 7.10. The molecule has 1 aromatic rings. The zero-order valence-electron chi connectivity index (χ0n) is 9.84. The van der Waals surface area contributed by atoms with Crippen molar-refractivity contribution in [1.29, 1.82) is 0 Å². The molecule has 0 saturated carbocycles. The van der Waals surface area contributed by atoms with E-state index < -0.39 is 0 Å². The predicted octanol–water partition coefficient (Wildman–Crippen LogP) is 2.70. The van der Waals surface area contributed by atoms with Gasteiger partial charge in [-0.3, -0.25) is 0 Å². The smallest absolute Gasteiger partial charge is 0.0610 e. The van der Waals surface area contributed by atoms with Crippen molar-refractivity contribution < 1.29 is 5.11 Å². The Hall–Kier alpha value is -0.380. The van der Waals surface area contributed by atoms with Gasteiger partial charge >= 0.3 is 0 Å². The molecule has 3 heteroatoms. The van der Waals surface area contributed by atoms with Gasteiger partial charge in [-0.1, -0.05) is 13.3 Å². The molecule has 0 amide bonds. The minimum absolute atomic E-state index is 0.134. The minimum Gasteiger partial charge on any atom is -0.394 e. The molecule has 0 aliphatic rings. The fourth-order valence-corrected chi connectivity index (χ4v) is 2.50. The van der Waals surface area contributed by atoms with Crippen molar-refractivity contribution in [3.05, 3.63) is 21.9 Å². The van der Waals surface area contributed by atoms with Gasteiger partial charge in [0.05, 0.1) is 6.61 Å². The molecule has 0 saturated heterocycles. The van der Waals surface area contributed by atoms with Crippen LogP contribution in [-0.4, -0.2) is 17.3 Å². The third kappa shape index (κ3) is 3.59. The van der Waals surface area contributed by atoms with E-state index in [0.29, 0.717) is 0 Å². The highest BCUT2D eigenvalue weighted by Crippen LogP contribution is 2.18. The van der Waals surface area contributed by atoms with Crippen molar-refractivity contribution >= 4 is 11.3 Å². The third-order valence-corrected chi connectivity index (χ3v) is 3.82. The summed E-state index contributed by atoms with van der Waals surface area (Å²) in [5, 5.41) is 14.9. The van der Waals surface area contributed by atoms with Crippen LogP contribution in [0.4, 0.5) is 0 Å². The Morgan fingerprint density at radius 1 is 1.53 bits per heavy atom. The normalized spacial score (nSPS) is 15.2. The first kappa shape index (κ1) is 12.7. The molecule has 0 radical (unpaired) electrons. The molecule has 2 N–H and O–H groups in total. The van der Waals surface area contributed by atoms with Gasteiger partial charge in [0.2, 0.25) is 0 Å². The van der Waals surface area contributed by atoms with Crippen molar-refractivity contribution in [3.8, 4) is 0 Å². The molecule has 0 fully saturated rings. The quantitative estimate of drug-likeness (QED) is 0.783. The van der Waals surface area contributed by atoms with Gasteiger partial charge in [-0.2, -0.15) is 0 Å². The molecule has 1 atom stereocenters. The van der Waals surface area contributed by atoms with E-state index in [9.17, 15) is 5.11 Å². The monoisotopic (exact) mass is 227 g/mol. The minimum atomic E-state index is -0.134. The zero-order chi connectivity index (χ0) is 11.3. The lowest BCUT2D eigenvalue weighted by atomic mass is 9.97. The summed E-state index contributed by atoms with van der Waals surface area (Å²) in [6, 6.07) is 2.14. The molecule has 0 aliphatic heterocycles. The second-order valence-electron chi connectivity index (χ2n) is 4.35. The summed E-state index contributed by atoms with van der Waals surface area (Å²) in [6.45, 7) is 7.42. The topological polar surface area (TPSA) is 32.3 Å². The Labute approximate surface area is 96.3 Å². The van der Waals surface area contributed by atoms with Crippen LogP contribution in [0.25, 0.3) is 0 Å². The van der Waals surface area contributed by atoms with Crippen molar-refractivity contribution in [2.24, 2.45) is 0 Å². The summed E-state index contributed by atoms with van der Waals surface area (Å²) < 4.78 is 0. The molecule has 1 heterocycles. The maximum absolute atomic E-state index is 9.36. The van der Waals surface area contributed by atoms with E-state index in [-0.39, 0.29) is 12.1 Å². The number of aryl methyl sites for hydroxylation is 1. The number of thiophene rings is 1. The standard InChI is InChI=1S/C12H21NOS/c1-4-6-12(3,9-14)13-8-11-10(2)5-7-15-11/h5,7,13-14H,4,6,8-9H2,1-3H3. The van der Waals surface area contributed by atoms with Crippen molar-refractivity contribution in [3.63, 3.8) is 0 Å². The molecular formula is C12H21NOS. The Morgan fingerprint density at radius 3 is 2.73 bits per heavy atom. The summed E-state index contributed by atoms with van der Waals surface area (Å²) in [7, 11) is 0. The van der Waals surface area contributed by atoms with E-state index in [1.807, 2.05) is 0 Å². The first-order chi connectivity index (χ1) is 7.11. The molecule has 0 spiro atoms. The first-order valence-electron chi connectivity index (χ1n) is 5.50. The van der Waals surface area contributed by atoms with Gasteiger partial charge in [-0.25, -0.2) is 0 Å². The van der Waals surface area contributed by atoms with E-state index in [2.05, 4.69) is 37.5 Å². The maximum Gasteiger partial charge on any atom is 0.0610 e. The highest BCUT2D eigenvalue weighted by Gasteiger charge is 2.21. The number of aliphatic hydroxyl groups is 1. The number of hydrogen-bond donors (Lipinski definition) is 2. The van der Waals surface area contributed by atoms with Gasteiger partial charge in [0.15, 0.2) is 0 Å². The van der Waals surface area contributed by atoms with Gasteiger partial charge in [0.25, 0.3) is 0 Å². The van der Waals surface area contributed by atoms with Crippen molar-refractivity contribution in [2.75, 3.05) is 6.61 Å². The Kier molecular flexibility index (Phi) is 4.77. The van der Waals surface area contributed by atoms with Gasteiger partial charge in [-0.15, -0.1) is 11.3 Å². The third-order valence-electron chi connectivity index (χ3n) is 2.79. The first-order valence-corrected chi connectivity index (χ1v) is 6.38. The SMILES string of the molecule is CCCC(C)(CO)NCc1sccc1C. The molecule has 15 heavy (non-hydrogen) atoms. The number of hydrogen-bond acceptors (Lipinski definition) is 3. The number of nitrogens with one attached hydrogen (secondary N) is 1. The molecule has 1 rings (SSSR count). The van der Waals surface area contributed by atoms with E-state index in [1.54, 1.807) is 11.3 Å². The van der Waals surface area contributed by atoms with Crippen molar-refractivity contribution in [1.82, 2.24) is 5.32 Å². The molecule has 2 nitrogen and oxygen atoms in total. The Morgan fingerprint density at radius 2 is 2.27 bits per heavy atom. The van der Waals surface area contributed by atoms with Crippen LogP contribution in [0, 0.1) is 6.92 Å². The van der Waals surface area contributed by atoms with Crippen LogP contribution in [-0.2, 0) is 6.54 Å². The summed E-state index contributed by atoms with van der Waals surface area (Å²) in [6.07, 6.45) is 2.10. The number of aliphatic hydroxyl groups excluding tert-OH is 1. The Balaban J connectivity index is 2.51. The van der Waals surface area contributed by atoms with Gasteiger partial charge in [0.1, 0.15) is 0 Å². The van der Waals surface area contributed by atoms with Crippen LogP contribution < -0.4 is 5.32 Å². The fourth-order valence-electron chi connectivity index (χ4n) is 1.65. The molecule has 1 unspecified atom stereocenters. The number of rotatable bonds is 6. The summed E-state index contributed by atoms with van der Waals surface area (Å²) >= 11 is 1.77. The second kappa shape index (κ2) is 5.64. The molecule has 1 aromatic heterocycles. The van der Waals surface area contributed by atoms with Crippen LogP contribution in [0.2, 0.25) is 0 Å². The van der Waals surface area contributed by atoms with Crippen LogP contribution in [0.3, 0.4) is 0 Å². The van der Waals surface area contributed by atoms with E-state index in [4.69, 9.17) is 0 Å². The lowest BCUT2D eigenvalue weighted by molar-refractivity contribution is 0.163. The summed E-state index contributed by atoms with van der Waals surface area (Å²) in [4.78, 5) is 1.37. The Bertz CT molecular complexity index is 298. The maximum atomic E-state index is 9.36. The molecule has 0 aliphatic carbocycles. The molecular weight excluding hydrogens is 206 g/mol. The predicted molar refractivity (Wildman–Crippen MR) is 66.3 cm³/mol. The molecule has 0 aromatic carbocycles. The van der Waals surface area contributed by atoms with Gasteiger partial charge in [0, 0.05) is 17.0 Å². The van der Waals surface area contributed by atoms with Crippen LogP contribution in [0.1, 0.15) is 37.1 Å². The van der Waals surface area contributed by atoms with E-state index in [1.165, 1.54) is 10.4 Å². The average Bonchev–Trinajstić information content (AvgIpc) is 2.62. The largest absolute Gasteiger partial charge is 0.394 e. The van der Waals surface area contributed by atoms with E-state index >= 15 is 0 Å². The van der Waals surface area contributed by atoms with Gasteiger partial charge < -0.3 is 10.4 Å². The summed E-state index contributed by atoms with van der Waals surface area (Å²) in [5.41, 5.74) is 1.20. The second-order valence-corrected chi connectivity index (χ2v) is 5.35. The van der Waals surface area contributed by atoms with Crippen LogP contribution in [0.5, 0.6) is 0 Å². The molecule has 86 valence electrons. The fraction of sp³-hybridized carbons (Fsp3) is 0.667. The average molecular weight is 227 g/mol. The van der Waals surface area contributed by atoms with Crippen LogP contribution in [0.15, 0.2) is 11.4 Å². The summed E-state index contributed by atoms with van der Waals surface area (Å²) in [5.74, 6) is 0. The zero-order valence-corrected chi connectivity index (χ0v) is 10.7. The molecule has 0 bridgehead atoms. The highest BCUT2D eigenvalue weighted by atomic mass is 32.1. The lowest BCUT2D eigenvalue weighted by Crippen LogP contribution is -2.45. The van der Waals surface area contributed by atoms with Gasteiger partial charge in [-0.05, 0) is 37.3 Å². The lowest BCUT2D eigenvalue weighted by Gasteiger charge is -2.28. The van der Waals surface area contributed by atoms with Crippen molar-refractivity contribution in [2.45, 2.75) is 45.7 Å².